The van der Waals surface area contributed by atoms with E-state index in [1.165, 1.54) is 0 Å². The maximum atomic E-state index is 6.07. The van der Waals surface area contributed by atoms with E-state index in [-0.39, 0.29) is 0 Å². The van der Waals surface area contributed by atoms with Crippen molar-refractivity contribution >= 4 is 50.4 Å². The Morgan fingerprint density at radius 1 is 1.15 bits per heavy atom. The molecule has 1 aromatic heterocycles. The molecule has 0 fully saturated rings. The lowest BCUT2D eigenvalue weighted by Crippen LogP contribution is -1.97. The molecule has 0 aliphatic rings. The molecule has 3 nitrogen and oxygen atoms in total. The van der Waals surface area contributed by atoms with E-state index in [1.54, 1.807) is 23.5 Å². The molecule has 3 aromatic rings. The number of hydrogen-bond acceptors (Lipinski definition) is 4. The molecule has 1 heterocycles. The highest BCUT2D eigenvalue weighted by molar-refractivity contribution is 7.18. The van der Waals surface area contributed by atoms with Crippen LogP contribution in [0.1, 0.15) is 5.01 Å². The van der Waals surface area contributed by atoms with Crippen LogP contribution < -0.4 is 10.5 Å². The van der Waals surface area contributed by atoms with Crippen LogP contribution in [0.4, 0.5) is 5.69 Å². The van der Waals surface area contributed by atoms with Gasteiger partial charge in [-0.2, -0.15) is 0 Å². The number of aromatic nitrogens is 1. The third-order valence-electron chi connectivity index (χ3n) is 2.70. The van der Waals surface area contributed by atoms with Gasteiger partial charge in [-0.25, -0.2) is 4.98 Å². The zero-order valence-corrected chi connectivity index (χ0v) is 12.6. The summed E-state index contributed by atoms with van der Waals surface area (Å²) in [5.74, 6) is 0.432. The third kappa shape index (κ3) is 2.68. The van der Waals surface area contributed by atoms with Gasteiger partial charge in [0.2, 0.25) is 0 Å². The molecule has 20 heavy (non-hydrogen) atoms. The second-order valence-corrected chi connectivity index (χ2v) is 6.11. The first-order valence-electron chi connectivity index (χ1n) is 5.85. The Hall–Kier alpha value is -1.49. The Labute approximate surface area is 129 Å². The van der Waals surface area contributed by atoms with Gasteiger partial charge in [0.05, 0.1) is 20.3 Å². The molecule has 0 saturated heterocycles. The number of halogens is 2. The van der Waals surface area contributed by atoms with E-state index in [4.69, 9.17) is 33.7 Å². The Morgan fingerprint density at radius 3 is 2.55 bits per heavy atom. The van der Waals surface area contributed by atoms with Crippen molar-refractivity contribution in [3.05, 3.63) is 51.5 Å². The number of ether oxygens (including phenoxy) is 1. The highest BCUT2D eigenvalue weighted by Gasteiger charge is 2.10. The first-order valence-corrected chi connectivity index (χ1v) is 7.42. The average molecular weight is 325 g/mol. The van der Waals surface area contributed by atoms with Crippen LogP contribution in [0.5, 0.6) is 5.75 Å². The first kappa shape index (κ1) is 13.5. The summed E-state index contributed by atoms with van der Waals surface area (Å²) in [5.41, 5.74) is 7.12. The molecule has 0 aliphatic carbocycles. The van der Waals surface area contributed by atoms with Gasteiger partial charge < -0.3 is 10.5 Å². The van der Waals surface area contributed by atoms with E-state index >= 15 is 0 Å². The normalized spacial score (nSPS) is 10.9. The van der Waals surface area contributed by atoms with Crippen LogP contribution in [0.3, 0.4) is 0 Å². The number of para-hydroxylation sites is 1. The molecule has 102 valence electrons. The molecule has 2 aromatic carbocycles. The Balaban J connectivity index is 1.83. The SMILES string of the molecule is Nc1cc(Cl)c(OCc2nc3ccccc3s2)c(Cl)c1. The summed E-state index contributed by atoms with van der Waals surface area (Å²) < 4.78 is 6.79. The summed E-state index contributed by atoms with van der Waals surface area (Å²) in [4.78, 5) is 4.49. The number of fused-ring (bicyclic) bond motifs is 1. The first-order chi connectivity index (χ1) is 9.63. The fourth-order valence-electron chi connectivity index (χ4n) is 1.83. The van der Waals surface area contributed by atoms with Crippen molar-refractivity contribution in [2.75, 3.05) is 5.73 Å². The number of anilines is 1. The lowest BCUT2D eigenvalue weighted by molar-refractivity contribution is 0.306. The highest BCUT2D eigenvalue weighted by Crippen LogP contribution is 2.36. The summed E-state index contributed by atoms with van der Waals surface area (Å²) >= 11 is 13.7. The predicted octanol–water partition coefficient (Wildman–Crippen LogP) is 4.76. The minimum Gasteiger partial charge on any atom is -0.483 e. The fourth-order valence-corrected chi connectivity index (χ4v) is 3.33. The van der Waals surface area contributed by atoms with Crippen LogP contribution in [-0.4, -0.2) is 4.98 Å². The number of benzene rings is 2. The van der Waals surface area contributed by atoms with Gasteiger partial charge in [0.15, 0.2) is 5.75 Å². The van der Waals surface area contributed by atoms with Crippen molar-refractivity contribution in [1.82, 2.24) is 4.98 Å². The summed E-state index contributed by atoms with van der Waals surface area (Å²) in [6.45, 7) is 0.322. The molecule has 6 heteroatoms. The summed E-state index contributed by atoms with van der Waals surface area (Å²) in [7, 11) is 0. The molecular weight excluding hydrogens is 315 g/mol. The van der Waals surface area contributed by atoms with Gasteiger partial charge in [-0.15, -0.1) is 11.3 Å². The average Bonchev–Trinajstić information content (AvgIpc) is 2.80. The molecule has 0 aliphatic heterocycles. The van der Waals surface area contributed by atoms with E-state index in [0.29, 0.717) is 28.1 Å². The minimum absolute atomic E-state index is 0.322. The van der Waals surface area contributed by atoms with Gasteiger partial charge >= 0.3 is 0 Å². The molecule has 3 rings (SSSR count). The Morgan fingerprint density at radius 2 is 1.85 bits per heavy atom. The van der Waals surface area contributed by atoms with Crippen molar-refractivity contribution in [3.63, 3.8) is 0 Å². The lowest BCUT2D eigenvalue weighted by Gasteiger charge is -2.09. The van der Waals surface area contributed by atoms with Crippen LogP contribution >= 0.6 is 34.5 Å². The molecule has 0 spiro atoms. The predicted molar refractivity (Wildman–Crippen MR) is 84.8 cm³/mol. The van der Waals surface area contributed by atoms with Gasteiger partial charge in [0, 0.05) is 5.69 Å². The number of nitrogens with zero attached hydrogens (tertiary/aromatic N) is 1. The van der Waals surface area contributed by atoms with Crippen LogP contribution in [0.15, 0.2) is 36.4 Å². The quantitative estimate of drug-likeness (QED) is 0.706. The summed E-state index contributed by atoms with van der Waals surface area (Å²) in [6.07, 6.45) is 0. The van der Waals surface area contributed by atoms with E-state index < -0.39 is 0 Å². The molecule has 0 radical (unpaired) electrons. The number of nitrogens with two attached hydrogens (primary N) is 1. The summed E-state index contributed by atoms with van der Waals surface area (Å²) in [6, 6.07) is 11.2. The van der Waals surface area contributed by atoms with Crippen LogP contribution in [-0.2, 0) is 6.61 Å². The maximum absolute atomic E-state index is 6.07. The highest BCUT2D eigenvalue weighted by atomic mass is 35.5. The topological polar surface area (TPSA) is 48.1 Å². The van der Waals surface area contributed by atoms with Gasteiger partial charge in [0.1, 0.15) is 11.6 Å². The van der Waals surface area contributed by atoms with Crippen LogP contribution in [0, 0.1) is 0 Å². The number of hydrogen-bond donors (Lipinski definition) is 1. The lowest BCUT2D eigenvalue weighted by atomic mass is 10.3. The Kier molecular flexibility index (Phi) is 3.70. The van der Waals surface area contributed by atoms with E-state index in [0.717, 1.165) is 15.2 Å². The van der Waals surface area contributed by atoms with Crippen molar-refractivity contribution < 1.29 is 4.74 Å². The van der Waals surface area contributed by atoms with E-state index in [9.17, 15) is 0 Å². The maximum Gasteiger partial charge on any atom is 0.157 e. The second kappa shape index (κ2) is 5.48. The molecule has 0 bridgehead atoms. The fraction of sp³-hybridized carbons (Fsp3) is 0.0714. The van der Waals surface area contributed by atoms with Crippen molar-refractivity contribution in [3.8, 4) is 5.75 Å². The third-order valence-corrected chi connectivity index (χ3v) is 4.27. The largest absolute Gasteiger partial charge is 0.483 e. The van der Waals surface area contributed by atoms with Gasteiger partial charge in [-0.1, -0.05) is 35.3 Å². The zero-order valence-electron chi connectivity index (χ0n) is 10.3. The van der Waals surface area contributed by atoms with E-state index in [2.05, 4.69) is 4.98 Å². The van der Waals surface area contributed by atoms with E-state index in [1.807, 2.05) is 24.3 Å². The molecule has 0 unspecified atom stereocenters. The van der Waals surface area contributed by atoms with Crippen molar-refractivity contribution in [2.45, 2.75) is 6.61 Å². The van der Waals surface area contributed by atoms with Gasteiger partial charge in [0.25, 0.3) is 0 Å². The molecular formula is C14H10Cl2N2OS. The summed E-state index contributed by atoms with van der Waals surface area (Å²) in [5, 5.41) is 1.67. The number of nitrogen functional groups attached to an aromatic ring is 1. The molecule has 2 N–H and O–H groups in total. The molecule has 0 saturated carbocycles. The van der Waals surface area contributed by atoms with Gasteiger partial charge in [-0.3, -0.25) is 0 Å². The van der Waals surface area contributed by atoms with Crippen molar-refractivity contribution in [2.24, 2.45) is 0 Å². The standard InChI is InChI=1S/C14H10Cl2N2OS/c15-9-5-8(17)6-10(16)14(9)19-7-13-18-11-3-1-2-4-12(11)20-13/h1-6H,7,17H2. The smallest absolute Gasteiger partial charge is 0.157 e. The zero-order chi connectivity index (χ0) is 14.1. The van der Waals surface area contributed by atoms with Gasteiger partial charge in [-0.05, 0) is 24.3 Å². The second-order valence-electron chi connectivity index (χ2n) is 4.18. The number of thiazole rings is 1. The minimum atomic E-state index is 0.322. The van der Waals surface area contributed by atoms with Crippen LogP contribution in [0.2, 0.25) is 10.0 Å². The van der Waals surface area contributed by atoms with Crippen LogP contribution in [0.25, 0.3) is 10.2 Å². The molecule has 0 atom stereocenters. The monoisotopic (exact) mass is 324 g/mol. The Bertz CT molecular complexity index is 717. The molecule has 0 amide bonds. The number of rotatable bonds is 3. The van der Waals surface area contributed by atoms with Crippen molar-refractivity contribution in [1.29, 1.82) is 0 Å².